The van der Waals surface area contributed by atoms with Crippen LogP contribution in [0.5, 0.6) is 17.2 Å². The molecule has 0 radical (unpaired) electrons. The lowest BCUT2D eigenvalue weighted by Gasteiger charge is -2.40. The first-order valence-corrected chi connectivity index (χ1v) is 10.9. The van der Waals surface area contributed by atoms with Gasteiger partial charge in [-0.05, 0) is 30.7 Å². The van der Waals surface area contributed by atoms with E-state index in [-0.39, 0.29) is 22.3 Å². The van der Waals surface area contributed by atoms with E-state index in [2.05, 4.69) is 0 Å². The van der Waals surface area contributed by atoms with Gasteiger partial charge in [0.15, 0.2) is 5.78 Å². The lowest BCUT2D eigenvalue weighted by atomic mass is 9.82. The summed E-state index contributed by atoms with van der Waals surface area (Å²) in [5.74, 6) is -5.49. The summed E-state index contributed by atoms with van der Waals surface area (Å²) in [5, 5.41) is 60.1. The Morgan fingerprint density at radius 1 is 0.919 bits per heavy atom. The number of hydrogen-bond donors (Lipinski definition) is 6. The smallest absolute Gasteiger partial charge is 0.317 e. The maximum Gasteiger partial charge on any atom is 0.317 e. The minimum Gasteiger partial charge on any atom is -0.508 e. The van der Waals surface area contributed by atoms with Crippen molar-refractivity contribution in [2.24, 2.45) is 0 Å². The van der Waals surface area contributed by atoms with Gasteiger partial charge in [-0.2, -0.15) is 0 Å². The number of ketones is 2. The highest BCUT2D eigenvalue weighted by Crippen LogP contribution is 2.40. The largest absolute Gasteiger partial charge is 0.508 e. The molecular formula is C24H22O13. The molecule has 6 N–H and O–H groups in total. The first-order valence-electron chi connectivity index (χ1n) is 10.9. The van der Waals surface area contributed by atoms with Crippen LogP contribution >= 0.6 is 0 Å². The topological polar surface area (TPSA) is 217 Å². The molecule has 13 nitrogen and oxygen atoms in total. The molecule has 0 saturated carbocycles. The lowest BCUT2D eigenvalue weighted by molar-refractivity contribution is -0.278. The molecule has 13 heteroatoms. The number of ether oxygens (including phenoxy) is 3. The van der Waals surface area contributed by atoms with Gasteiger partial charge in [-0.3, -0.25) is 19.2 Å². The zero-order chi connectivity index (χ0) is 27.2. The Morgan fingerprint density at radius 3 is 2.27 bits per heavy atom. The fraction of sp³-hybridized carbons (Fsp3) is 0.333. The van der Waals surface area contributed by atoms with Crippen LogP contribution in [0.25, 0.3) is 0 Å². The predicted octanol–water partition coefficient (Wildman–Crippen LogP) is -0.614. The van der Waals surface area contributed by atoms with Crippen LogP contribution in [0, 0.1) is 6.92 Å². The summed E-state index contributed by atoms with van der Waals surface area (Å²) in [6.45, 7) is 0.897. The molecule has 5 atom stereocenters. The van der Waals surface area contributed by atoms with Gasteiger partial charge in [0, 0.05) is 17.2 Å². The number of carbonyl (C=O) groups excluding carboxylic acids is 3. The number of phenolic OH excluding ortho intramolecular Hbond substituents is 2. The van der Waals surface area contributed by atoms with Gasteiger partial charge in [0.1, 0.15) is 54.7 Å². The van der Waals surface area contributed by atoms with Crippen molar-refractivity contribution in [2.75, 3.05) is 6.61 Å². The fourth-order valence-corrected chi connectivity index (χ4v) is 4.19. The van der Waals surface area contributed by atoms with Crippen molar-refractivity contribution in [2.45, 2.75) is 44.1 Å². The minimum atomic E-state index is -1.91. The molecule has 2 aromatic carbocycles. The third kappa shape index (κ3) is 4.84. The van der Waals surface area contributed by atoms with Gasteiger partial charge in [0.2, 0.25) is 12.1 Å². The molecule has 37 heavy (non-hydrogen) atoms. The zero-order valence-electron chi connectivity index (χ0n) is 19.2. The van der Waals surface area contributed by atoms with E-state index in [0.29, 0.717) is 5.56 Å². The lowest BCUT2D eigenvalue weighted by Crippen LogP contribution is -2.60. The zero-order valence-corrected chi connectivity index (χ0v) is 19.2. The van der Waals surface area contributed by atoms with Crippen molar-refractivity contribution < 1.29 is 64.0 Å². The first kappa shape index (κ1) is 26.0. The van der Waals surface area contributed by atoms with Crippen LogP contribution in [0.4, 0.5) is 0 Å². The van der Waals surface area contributed by atoms with Crippen molar-refractivity contribution in [1.82, 2.24) is 0 Å². The Kier molecular flexibility index (Phi) is 6.88. The van der Waals surface area contributed by atoms with Crippen LogP contribution in [0.1, 0.15) is 43.8 Å². The second kappa shape index (κ2) is 9.78. The van der Waals surface area contributed by atoms with Gasteiger partial charge in [-0.25, -0.2) is 0 Å². The number of aryl methyl sites for hydroxylation is 1. The molecule has 0 aromatic heterocycles. The number of aliphatic carboxylic acids is 1. The molecule has 0 bridgehead atoms. The fourth-order valence-electron chi connectivity index (χ4n) is 4.19. The molecule has 2 unspecified atom stereocenters. The van der Waals surface area contributed by atoms with E-state index >= 15 is 0 Å². The number of phenols is 2. The van der Waals surface area contributed by atoms with E-state index in [9.17, 15) is 44.7 Å². The van der Waals surface area contributed by atoms with Gasteiger partial charge < -0.3 is 44.8 Å². The van der Waals surface area contributed by atoms with E-state index in [1.54, 1.807) is 6.92 Å². The molecule has 1 aliphatic heterocycles. The number of esters is 1. The monoisotopic (exact) mass is 518 g/mol. The molecule has 1 fully saturated rings. The summed E-state index contributed by atoms with van der Waals surface area (Å²) >= 11 is 0. The Morgan fingerprint density at radius 2 is 1.59 bits per heavy atom. The van der Waals surface area contributed by atoms with Gasteiger partial charge in [0.05, 0.1) is 11.1 Å². The average Bonchev–Trinajstić information content (AvgIpc) is 2.80. The Balaban J connectivity index is 1.65. The molecule has 1 saturated heterocycles. The predicted molar refractivity (Wildman–Crippen MR) is 118 cm³/mol. The molecular weight excluding hydrogens is 496 g/mol. The van der Waals surface area contributed by atoms with Crippen molar-refractivity contribution in [1.29, 1.82) is 0 Å². The number of fused-ring (bicyclic) bond motifs is 2. The highest BCUT2D eigenvalue weighted by Gasteiger charge is 2.46. The second-order valence-corrected chi connectivity index (χ2v) is 8.62. The second-order valence-electron chi connectivity index (χ2n) is 8.62. The minimum absolute atomic E-state index is 0.0812. The molecule has 4 rings (SSSR count). The van der Waals surface area contributed by atoms with E-state index < -0.39 is 84.5 Å². The van der Waals surface area contributed by atoms with Crippen LogP contribution < -0.4 is 4.74 Å². The Labute approximate surface area is 208 Å². The van der Waals surface area contributed by atoms with E-state index in [4.69, 9.17) is 19.3 Å². The number of carboxylic acids is 1. The van der Waals surface area contributed by atoms with Crippen LogP contribution in [0.2, 0.25) is 0 Å². The average molecular weight is 518 g/mol. The van der Waals surface area contributed by atoms with Gasteiger partial charge in [0.25, 0.3) is 0 Å². The van der Waals surface area contributed by atoms with Crippen molar-refractivity contribution in [3.63, 3.8) is 0 Å². The summed E-state index contributed by atoms with van der Waals surface area (Å²) < 4.78 is 15.7. The maximum atomic E-state index is 13.3. The van der Waals surface area contributed by atoms with Crippen LogP contribution in [-0.2, 0) is 19.1 Å². The molecule has 0 spiro atoms. The van der Waals surface area contributed by atoms with Gasteiger partial charge in [-0.15, -0.1) is 0 Å². The third-order valence-corrected chi connectivity index (χ3v) is 5.91. The van der Waals surface area contributed by atoms with Crippen molar-refractivity contribution in [3.05, 3.63) is 52.1 Å². The number of benzene rings is 2. The Bertz CT molecular complexity index is 1300. The highest BCUT2D eigenvalue weighted by molar-refractivity contribution is 6.30. The van der Waals surface area contributed by atoms with Crippen LogP contribution in [0.3, 0.4) is 0 Å². The molecule has 2 aromatic rings. The van der Waals surface area contributed by atoms with E-state index in [0.717, 1.165) is 12.1 Å². The Hall–Kier alpha value is -4.04. The standard InChI is InChI=1S/C24H22O13/c1-8-2-10-17(12(26)3-8)21(32)18-11(19(10)30)4-9(25)5-13(18)36-24-23(34)22(33)20(31)14(37-24)7-35-16(29)6-15(27)28/h2-5,14,20,22-26,31,33-34H,6-7H2,1H3,(H,27,28)/t14?,20-,22+,23?,24-/m1/s1. The number of aliphatic hydroxyl groups is 3. The summed E-state index contributed by atoms with van der Waals surface area (Å²) in [7, 11) is 0. The van der Waals surface area contributed by atoms with Crippen LogP contribution in [-0.4, -0.2) is 91.5 Å². The summed E-state index contributed by atoms with van der Waals surface area (Å²) in [5.41, 5.74) is -0.457. The number of aromatic hydroxyl groups is 2. The molecule has 196 valence electrons. The van der Waals surface area contributed by atoms with Gasteiger partial charge >= 0.3 is 11.9 Å². The van der Waals surface area contributed by atoms with Crippen molar-refractivity contribution >= 4 is 23.5 Å². The molecule has 1 heterocycles. The number of aliphatic hydroxyl groups excluding tert-OH is 3. The quantitative estimate of drug-likeness (QED) is 0.177. The van der Waals surface area contributed by atoms with E-state index in [1.165, 1.54) is 12.1 Å². The van der Waals surface area contributed by atoms with Crippen molar-refractivity contribution in [3.8, 4) is 17.2 Å². The third-order valence-electron chi connectivity index (χ3n) is 5.91. The summed E-state index contributed by atoms with van der Waals surface area (Å²) in [6.07, 6.45) is -9.83. The normalized spacial score (nSPS) is 24.7. The number of rotatable bonds is 6. The molecule has 1 aliphatic carbocycles. The first-order chi connectivity index (χ1) is 17.4. The maximum absolute atomic E-state index is 13.3. The number of hydrogen-bond acceptors (Lipinski definition) is 12. The van der Waals surface area contributed by atoms with E-state index in [1.807, 2.05) is 0 Å². The molecule has 2 aliphatic rings. The summed E-state index contributed by atoms with van der Waals surface area (Å²) in [4.78, 5) is 48.6. The van der Waals surface area contributed by atoms with Crippen LogP contribution in [0.15, 0.2) is 24.3 Å². The number of carboxylic acid groups (broad SMARTS) is 1. The highest BCUT2D eigenvalue weighted by atomic mass is 16.7. The molecule has 0 amide bonds. The SMILES string of the molecule is Cc1cc(O)c2c(c1)C(=O)c1cc(O)cc(O[C@@H]3OC(COC(=O)CC(=O)O)[C@@H](O)[C@H](O)C3O)c1C2=O. The summed E-state index contributed by atoms with van der Waals surface area (Å²) in [6, 6.07) is 4.69. The number of carbonyl (C=O) groups is 4. The van der Waals surface area contributed by atoms with Gasteiger partial charge in [-0.1, -0.05) is 0 Å².